The largest absolute Gasteiger partial charge is 0.376 e. The van der Waals surface area contributed by atoms with Crippen LogP contribution in [0.5, 0.6) is 0 Å². The zero-order valence-corrected chi connectivity index (χ0v) is 18.3. The van der Waals surface area contributed by atoms with Crippen molar-refractivity contribution in [2.75, 3.05) is 49.2 Å². The second-order valence-corrected chi connectivity index (χ2v) is 11.3. The van der Waals surface area contributed by atoms with Crippen molar-refractivity contribution >= 4 is 27.7 Å². The second kappa shape index (κ2) is 8.89. The zero-order chi connectivity index (χ0) is 19.6. The third-order valence-corrected chi connectivity index (χ3v) is 8.85. The molecule has 158 valence electrons. The summed E-state index contributed by atoms with van der Waals surface area (Å²) in [5.74, 6) is 2.69. The molecule has 1 aromatic rings. The van der Waals surface area contributed by atoms with E-state index in [9.17, 15) is 8.42 Å². The number of aromatic nitrogens is 3. The molecule has 3 saturated heterocycles. The summed E-state index contributed by atoms with van der Waals surface area (Å²) in [6, 6.07) is 0. The Morgan fingerprint density at radius 2 is 1.96 bits per heavy atom. The Balaban J connectivity index is 1.44. The Bertz CT molecular complexity index is 755. The van der Waals surface area contributed by atoms with Crippen molar-refractivity contribution in [1.29, 1.82) is 0 Å². The van der Waals surface area contributed by atoms with Gasteiger partial charge in [0.05, 0.1) is 18.4 Å². The smallest absolute Gasteiger partial charge is 0.228 e. The van der Waals surface area contributed by atoms with E-state index >= 15 is 0 Å². The molecule has 1 atom stereocenters. The van der Waals surface area contributed by atoms with E-state index in [1.807, 2.05) is 0 Å². The van der Waals surface area contributed by atoms with E-state index in [1.165, 1.54) is 12.8 Å². The fourth-order valence-corrected chi connectivity index (χ4v) is 6.71. The molecule has 0 spiro atoms. The molecule has 3 aliphatic heterocycles. The van der Waals surface area contributed by atoms with Crippen LogP contribution in [0.15, 0.2) is 5.16 Å². The van der Waals surface area contributed by atoms with Gasteiger partial charge >= 0.3 is 0 Å². The predicted octanol–water partition coefficient (Wildman–Crippen LogP) is 1.82. The summed E-state index contributed by atoms with van der Waals surface area (Å²) < 4.78 is 33.7. The lowest BCUT2D eigenvalue weighted by Gasteiger charge is -2.31. The van der Waals surface area contributed by atoms with Crippen molar-refractivity contribution in [1.82, 2.24) is 19.1 Å². The first-order valence-corrected chi connectivity index (χ1v) is 13.0. The standard InChI is InChI=1S/C18H31N5O3S2/c1-15-5-8-21(9-6-15)17-19-20-18(23(17)14-16-4-2-11-26-16)27-12-10-22-7-3-13-28(22,24)25/h15-16H,2-14H2,1H3/t16-/m1/s1. The van der Waals surface area contributed by atoms with E-state index in [2.05, 4.69) is 26.6 Å². The monoisotopic (exact) mass is 429 g/mol. The lowest BCUT2D eigenvalue weighted by atomic mass is 10.00. The van der Waals surface area contributed by atoms with Crippen LogP contribution >= 0.6 is 11.8 Å². The highest BCUT2D eigenvalue weighted by atomic mass is 32.2. The second-order valence-electron chi connectivity index (χ2n) is 8.11. The van der Waals surface area contributed by atoms with Crippen LogP contribution in [0.25, 0.3) is 0 Å². The van der Waals surface area contributed by atoms with E-state index in [0.29, 0.717) is 18.8 Å². The molecule has 10 heteroatoms. The third kappa shape index (κ3) is 4.66. The van der Waals surface area contributed by atoms with Crippen LogP contribution in [0.3, 0.4) is 0 Å². The Labute approximate surface area is 172 Å². The quantitative estimate of drug-likeness (QED) is 0.612. The van der Waals surface area contributed by atoms with Gasteiger partial charge < -0.3 is 9.64 Å². The molecule has 4 heterocycles. The van der Waals surface area contributed by atoms with Crippen LogP contribution in [-0.4, -0.2) is 77.9 Å². The first-order chi connectivity index (χ1) is 13.5. The van der Waals surface area contributed by atoms with Gasteiger partial charge in [-0.15, -0.1) is 10.2 Å². The molecule has 0 N–H and O–H groups in total. The summed E-state index contributed by atoms with van der Waals surface area (Å²) >= 11 is 1.60. The minimum absolute atomic E-state index is 0.219. The molecule has 28 heavy (non-hydrogen) atoms. The van der Waals surface area contributed by atoms with Crippen molar-refractivity contribution < 1.29 is 13.2 Å². The van der Waals surface area contributed by atoms with Gasteiger partial charge in [0, 0.05) is 38.5 Å². The van der Waals surface area contributed by atoms with Gasteiger partial charge in [0.2, 0.25) is 16.0 Å². The van der Waals surface area contributed by atoms with Crippen molar-refractivity contribution in [3.8, 4) is 0 Å². The Morgan fingerprint density at radius 3 is 2.64 bits per heavy atom. The summed E-state index contributed by atoms with van der Waals surface area (Å²) in [6.07, 6.45) is 5.50. The first-order valence-electron chi connectivity index (χ1n) is 10.4. The zero-order valence-electron chi connectivity index (χ0n) is 16.6. The molecular weight excluding hydrogens is 398 g/mol. The van der Waals surface area contributed by atoms with Crippen molar-refractivity contribution in [2.45, 2.75) is 56.8 Å². The maximum absolute atomic E-state index is 12.0. The van der Waals surface area contributed by atoms with Crippen molar-refractivity contribution in [3.63, 3.8) is 0 Å². The number of hydrogen-bond acceptors (Lipinski definition) is 7. The number of anilines is 1. The van der Waals surface area contributed by atoms with E-state index in [0.717, 1.165) is 62.5 Å². The van der Waals surface area contributed by atoms with Crippen LogP contribution in [-0.2, 0) is 21.3 Å². The number of sulfonamides is 1. The molecule has 0 unspecified atom stereocenters. The number of thioether (sulfide) groups is 1. The molecule has 0 saturated carbocycles. The Morgan fingerprint density at radius 1 is 1.14 bits per heavy atom. The van der Waals surface area contributed by atoms with E-state index in [-0.39, 0.29) is 11.9 Å². The fourth-order valence-electron chi connectivity index (χ4n) is 4.16. The number of hydrogen-bond donors (Lipinski definition) is 0. The lowest BCUT2D eigenvalue weighted by Crippen LogP contribution is -2.35. The third-order valence-electron chi connectivity index (χ3n) is 5.95. The van der Waals surface area contributed by atoms with Gasteiger partial charge in [0.1, 0.15) is 0 Å². The number of rotatable bonds is 7. The molecule has 0 radical (unpaired) electrons. The predicted molar refractivity (Wildman–Crippen MR) is 110 cm³/mol. The average molecular weight is 430 g/mol. The number of ether oxygens (including phenoxy) is 1. The van der Waals surface area contributed by atoms with Crippen molar-refractivity contribution in [3.05, 3.63) is 0 Å². The molecule has 0 bridgehead atoms. The topological polar surface area (TPSA) is 80.6 Å². The number of piperidine rings is 1. The van der Waals surface area contributed by atoms with Crippen molar-refractivity contribution in [2.24, 2.45) is 5.92 Å². The minimum Gasteiger partial charge on any atom is -0.376 e. The highest BCUT2D eigenvalue weighted by Crippen LogP contribution is 2.28. The Kier molecular flexibility index (Phi) is 6.49. The maximum Gasteiger partial charge on any atom is 0.228 e. The molecule has 0 aliphatic carbocycles. The summed E-state index contributed by atoms with van der Waals surface area (Å²) in [6.45, 7) is 7.13. The average Bonchev–Trinajstić information content (AvgIpc) is 3.39. The van der Waals surface area contributed by atoms with Gasteiger partial charge in [-0.3, -0.25) is 4.57 Å². The molecule has 0 amide bonds. The summed E-state index contributed by atoms with van der Waals surface area (Å²) in [7, 11) is -3.04. The molecule has 4 rings (SSSR count). The highest BCUT2D eigenvalue weighted by molar-refractivity contribution is 7.99. The van der Waals surface area contributed by atoms with Crippen LogP contribution in [0.2, 0.25) is 0 Å². The molecule has 1 aromatic heterocycles. The molecule has 3 fully saturated rings. The van der Waals surface area contributed by atoms with Gasteiger partial charge in [0.15, 0.2) is 5.16 Å². The summed E-state index contributed by atoms with van der Waals surface area (Å²) in [4.78, 5) is 2.34. The molecular formula is C18H31N5O3S2. The van der Waals surface area contributed by atoms with Gasteiger partial charge in [0.25, 0.3) is 0 Å². The summed E-state index contributed by atoms with van der Waals surface area (Å²) in [5.41, 5.74) is 0. The van der Waals surface area contributed by atoms with E-state index in [1.54, 1.807) is 16.1 Å². The lowest BCUT2D eigenvalue weighted by molar-refractivity contribution is 0.0951. The van der Waals surface area contributed by atoms with E-state index in [4.69, 9.17) is 4.74 Å². The van der Waals surface area contributed by atoms with Crippen LogP contribution < -0.4 is 4.90 Å². The molecule has 8 nitrogen and oxygen atoms in total. The molecule has 0 aromatic carbocycles. The van der Waals surface area contributed by atoms with Crippen LogP contribution in [0, 0.1) is 5.92 Å². The van der Waals surface area contributed by atoms with Gasteiger partial charge in [-0.1, -0.05) is 18.7 Å². The summed E-state index contributed by atoms with van der Waals surface area (Å²) in [5, 5.41) is 9.86. The van der Waals surface area contributed by atoms with Gasteiger partial charge in [-0.2, -0.15) is 0 Å². The normalized spacial score (nSPS) is 26.3. The minimum atomic E-state index is -3.04. The SMILES string of the molecule is CC1CCN(c2nnc(SCCN3CCCS3(=O)=O)n2C[C@H]2CCCO2)CC1. The van der Waals surface area contributed by atoms with Gasteiger partial charge in [-0.25, -0.2) is 12.7 Å². The Hall–Kier alpha value is -0.840. The number of nitrogens with zero attached hydrogens (tertiary/aromatic N) is 5. The first kappa shape index (κ1) is 20.4. The maximum atomic E-state index is 12.0. The van der Waals surface area contributed by atoms with Crippen LogP contribution in [0.1, 0.15) is 39.0 Å². The fraction of sp³-hybridized carbons (Fsp3) is 0.889. The van der Waals surface area contributed by atoms with Gasteiger partial charge in [-0.05, 0) is 38.0 Å². The van der Waals surface area contributed by atoms with Crippen LogP contribution in [0.4, 0.5) is 5.95 Å². The van der Waals surface area contributed by atoms with E-state index < -0.39 is 10.0 Å². The molecule has 3 aliphatic rings. The highest BCUT2D eigenvalue weighted by Gasteiger charge is 2.29.